The summed E-state index contributed by atoms with van der Waals surface area (Å²) in [6, 6.07) is 5.72. The first-order valence-electron chi connectivity index (χ1n) is 5.31. The van der Waals surface area contributed by atoms with Crippen molar-refractivity contribution < 1.29 is 4.42 Å². The van der Waals surface area contributed by atoms with Gasteiger partial charge in [0.05, 0.1) is 12.7 Å². The summed E-state index contributed by atoms with van der Waals surface area (Å²) in [5, 5.41) is 3.87. The first-order chi connectivity index (χ1) is 8.20. The summed E-state index contributed by atoms with van der Waals surface area (Å²) in [6.45, 7) is 3.59. The largest absolute Gasteiger partial charge is 0.439 e. The van der Waals surface area contributed by atoms with Crippen LogP contribution in [0.3, 0.4) is 0 Å². The minimum atomic E-state index is 0.646. The Morgan fingerprint density at radius 3 is 3.06 bits per heavy atom. The predicted molar refractivity (Wildman–Crippen MR) is 77.0 cm³/mol. The van der Waals surface area contributed by atoms with Crippen molar-refractivity contribution in [3.8, 4) is 11.3 Å². The molecule has 0 bridgehead atoms. The molecule has 5 heteroatoms. The molecule has 0 fully saturated rings. The van der Waals surface area contributed by atoms with E-state index in [1.165, 1.54) is 0 Å². The molecule has 90 valence electrons. The van der Waals surface area contributed by atoms with Crippen molar-refractivity contribution in [1.82, 2.24) is 10.3 Å². The van der Waals surface area contributed by atoms with Crippen LogP contribution in [0.4, 0.5) is 0 Å². The van der Waals surface area contributed by atoms with Gasteiger partial charge in [0.25, 0.3) is 0 Å². The second-order valence-electron chi connectivity index (χ2n) is 3.52. The molecule has 0 amide bonds. The third-order valence-electron chi connectivity index (χ3n) is 2.27. The summed E-state index contributed by atoms with van der Waals surface area (Å²) in [5.41, 5.74) is 0.980. The van der Waals surface area contributed by atoms with Gasteiger partial charge in [0.15, 0.2) is 5.76 Å². The number of nitrogens with one attached hydrogen (secondary N) is 1. The Morgan fingerprint density at radius 1 is 1.47 bits per heavy atom. The lowest BCUT2D eigenvalue weighted by molar-refractivity contribution is 0.482. The molecule has 0 aliphatic carbocycles. The molecule has 0 saturated heterocycles. The van der Waals surface area contributed by atoms with Gasteiger partial charge < -0.3 is 9.73 Å². The zero-order valence-electron chi connectivity index (χ0n) is 9.34. The molecule has 0 aliphatic rings. The molecule has 0 saturated carbocycles. The molecular weight excluding hydrogens is 351 g/mol. The zero-order valence-corrected chi connectivity index (χ0v) is 12.2. The van der Waals surface area contributed by atoms with E-state index in [1.54, 1.807) is 6.20 Å². The molecule has 1 aromatic heterocycles. The number of oxazole rings is 1. The van der Waals surface area contributed by atoms with Gasteiger partial charge in [0.1, 0.15) is 0 Å². The molecule has 17 heavy (non-hydrogen) atoms. The minimum absolute atomic E-state index is 0.646. The smallest absolute Gasteiger partial charge is 0.208 e. The fourth-order valence-electron chi connectivity index (χ4n) is 1.43. The van der Waals surface area contributed by atoms with Crippen LogP contribution in [0.5, 0.6) is 0 Å². The van der Waals surface area contributed by atoms with E-state index in [9.17, 15) is 0 Å². The number of nitrogens with zero attached hydrogens (tertiary/aromatic N) is 1. The van der Waals surface area contributed by atoms with E-state index in [0.717, 1.165) is 21.4 Å². The highest BCUT2D eigenvalue weighted by Gasteiger charge is 2.09. The van der Waals surface area contributed by atoms with E-state index < -0.39 is 0 Å². The summed E-state index contributed by atoms with van der Waals surface area (Å²) in [4.78, 5) is 4.23. The van der Waals surface area contributed by atoms with E-state index in [1.807, 2.05) is 25.1 Å². The molecule has 2 aromatic rings. The van der Waals surface area contributed by atoms with E-state index in [2.05, 4.69) is 32.9 Å². The topological polar surface area (TPSA) is 38.1 Å². The van der Waals surface area contributed by atoms with Gasteiger partial charge in [-0.2, -0.15) is 0 Å². The number of aromatic nitrogens is 1. The Balaban J connectivity index is 2.27. The predicted octanol–water partition coefficient (Wildman–Crippen LogP) is 3.71. The molecule has 0 radical (unpaired) electrons. The summed E-state index contributed by atoms with van der Waals surface area (Å²) in [5.74, 6) is 1.45. The maximum atomic E-state index is 5.98. The third-order valence-corrected chi connectivity index (χ3v) is 3.45. The normalized spacial score (nSPS) is 10.8. The van der Waals surface area contributed by atoms with Crippen LogP contribution in [0, 0.1) is 3.57 Å². The van der Waals surface area contributed by atoms with Crippen LogP contribution in [0.25, 0.3) is 11.3 Å². The minimum Gasteiger partial charge on any atom is -0.439 e. The van der Waals surface area contributed by atoms with Gasteiger partial charge in [-0.1, -0.05) is 18.5 Å². The highest BCUT2D eigenvalue weighted by molar-refractivity contribution is 14.1. The Kier molecular flexibility index (Phi) is 4.42. The molecule has 0 spiro atoms. The molecule has 1 heterocycles. The van der Waals surface area contributed by atoms with Gasteiger partial charge >= 0.3 is 0 Å². The maximum Gasteiger partial charge on any atom is 0.208 e. The standard InChI is InChI=1S/C12H12ClIN2O/c1-2-15-7-12-16-6-11(17-12)9-5-8(13)3-4-10(9)14/h3-6,15H,2,7H2,1H3. The maximum absolute atomic E-state index is 5.98. The van der Waals surface area contributed by atoms with E-state index in [-0.39, 0.29) is 0 Å². The molecule has 2 rings (SSSR count). The lowest BCUT2D eigenvalue weighted by Crippen LogP contribution is -2.11. The Hall–Kier alpha value is -0.590. The van der Waals surface area contributed by atoms with E-state index >= 15 is 0 Å². The van der Waals surface area contributed by atoms with Gasteiger partial charge in [-0.15, -0.1) is 0 Å². The van der Waals surface area contributed by atoms with Crippen LogP contribution in [0.2, 0.25) is 5.02 Å². The molecule has 1 aromatic carbocycles. The molecule has 0 aliphatic heterocycles. The molecule has 0 unspecified atom stereocenters. The van der Waals surface area contributed by atoms with Crippen LogP contribution in [0.15, 0.2) is 28.8 Å². The monoisotopic (exact) mass is 362 g/mol. The van der Waals surface area contributed by atoms with Crippen LogP contribution in [0.1, 0.15) is 12.8 Å². The average Bonchev–Trinajstić information content (AvgIpc) is 2.78. The number of hydrogen-bond acceptors (Lipinski definition) is 3. The summed E-state index contributed by atoms with van der Waals surface area (Å²) in [7, 11) is 0. The summed E-state index contributed by atoms with van der Waals surface area (Å²) < 4.78 is 6.77. The lowest BCUT2D eigenvalue weighted by atomic mass is 10.2. The zero-order chi connectivity index (χ0) is 12.3. The van der Waals surface area contributed by atoms with Gasteiger partial charge in [-0.3, -0.25) is 0 Å². The molecule has 1 N–H and O–H groups in total. The summed E-state index contributed by atoms with van der Waals surface area (Å²) in [6.07, 6.45) is 1.74. The van der Waals surface area contributed by atoms with Crippen molar-refractivity contribution in [3.63, 3.8) is 0 Å². The van der Waals surface area contributed by atoms with Crippen LogP contribution < -0.4 is 5.32 Å². The van der Waals surface area contributed by atoms with Crippen LogP contribution >= 0.6 is 34.2 Å². The molecule has 3 nitrogen and oxygen atoms in total. The first-order valence-corrected chi connectivity index (χ1v) is 6.77. The third kappa shape index (κ3) is 3.20. The van der Waals surface area contributed by atoms with Gasteiger partial charge in [-0.25, -0.2) is 4.98 Å². The van der Waals surface area contributed by atoms with Crippen molar-refractivity contribution in [1.29, 1.82) is 0 Å². The average molecular weight is 363 g/mol. The van der Waals surface area contributed by atoms with E-state index in [4.69, 9.17) is 16.0 Å². The molecular formula is C12H12ClIN2O. The lowest BCUT2D eigenvalue weighted by Gasteiger charge is -2.01. The number of halogens is 2. The van der Waals surface area contributed by atoms with Crippen molar-refractivity contribution in [2.24, 2.45) is 0 Å². The summed E-state index contributed by atoms with van der Waals surface area (Å²) >= 11 is 8.24. The Morgan fingerprint density at radius 2 is 2.29 bits per heavy atom. The van der Waals surface area contributed by atoms with Crippen molar-refractivity contribution in [2.75, 3.05) is 6.54 Å². The number of hydrogen-bond donors (Lipinski definition) is 1. The van der Waals surface area contributed by atoms with Crippen LogP contribution in [-0.4, -0.2) is 11.5 Å². The van der Waals surface area contributed by atoms with Crippen molar-refractivity contribution in [2.45, 2.75) is 13.5 Å². The van der Waals surface area contributed by atoms with Crippen molar-refractivity contribution >= 4 is 34.2 Å². The van der Waals surface area contributed by atoms with Crippen molar-refractivity contribution in [3.05, 3.63) is 38.9 Å². The number of benzene rings is 1. The second kappa shape index (κ2) is 5.84. The highest BCUT2D eigenvalue weighted by Crippen LogP contribution is 2.28. The van der Waals surface area contributed by atoms with Crippen LogP contribution in [-0.2, 0) is 6.54 Å². The molecule has 0 atom stereocenters. The van der Waals surface area contributed by atoms with Gasteiger partial charge in [0.2, 0.25) is 5.89 Å². The van der Waals surface area contributed by atoms with Gasteiger partial charge in [-0.05, 0) is 47.3 Å². The quantitative estimate of drug-likeness (QED) is 0.843. The Labute approximate surface area is 119 Å². The SMILES string of the molecule is CCNCc1ncc(-c2cc(Cl)ccc2I)o1. The fourth-order valence-corrected chi connectivity index (χ4v) is 2.21. The Bertz CT molecular complexity index is 513. The van der Waals surface area contributed by atoms with E-state index in [0.29, 0.717) is 17.5 Å². The highest BCUT2D eigenvalue weighted by atomic mass is 127. The number of rotatable bonds is 4. The first kappa shape index (κ1) is 12.9. The fraction of sp³-hybridized carbons (Fsp3) is 0.250. The second-order valence-corrected chi connectivity index (χ2v) is 5.12. The van der Waals surface area contributed by atoms with Gasteiger partial charge in [0, 0.05) is 14.2 Å².